The second kappa shape index (κ2) is 9.11. The van der Waals surface area contributed by atoms with E-state index in [1.807, 2.05) is 12.1 Å². The highest BCUT2D eigenvalue weighted by Crippen LogP contribution is 2.58. The number of nitrogens with one attached hydrogen (secondary N) is 2. The zero-order chi connectivity index (χ0) is 16.6. The van der Waals surface area contributed by atoms with Crippen molar-refractivity contribution in [3.05, 3.63) is 22.7 Å². The monoisotopic (exact) mass is 465 g/mol. The van der Waals surface area contributed by atoms with E-state index in [9.17, 15) is 4.79 Å². The van der Waals surface area contributed by atoms with Crippen molar-refractivity contribution in [3.8, 4) is 0 Å². The van der Waals surface area contributed by atoms with Crippen LogP contribution in [0.5, 0.6) is 0 Å². The topological polar surface area (TPSA) is 53.6 Å². The molecule has 1 aliphatic carbocycles. The summed E-state index contributed by atoms with van der Waals surface area (Å²) in [7, 11) is 0. The molecule has 3 aliphatic rings. The molecule has 2 N–H and O–H groups in total. The van der Waals surface area contributed by atoms with Crippen molar-refractivity contribution in [1.82, 2.24) is 5.32 Å². The van der Waals surface area contributed by atoms with Crippen LogP contribution in [0.4, 0.5) is 11.4 Å². The number of halogens is 3. The number of amides is 1. The van der Waals surface area contributed by atoms with Crippen LogP contribution in [0.15, 0.2) is 22.7 Å². The number of nitrogens with zero attached hydrogens (tertiary/aromatic N) is 1. The molecule has 26 heavy (non-hydrogen) atoms. The lowest BCUT2D eigenvalue weighted by atomic mass is 9.92. The molecule has 1 unspecified atom stereocenters. The van der Waals surface area contributed by atoms with Crippen molar-refractivity contribution in [3.63, 3.8) is 0 Å². The van der Waals surface area contributed by atoms with Crippen molar-refractivity contribution in [2.45, 2.75) is 19.3 Å². The minimum Gasteiger partial charge on any atom is -0.378 e. The number of hydrogen-bond acceptors (Lipinski definition) is 4. The number of ether oxygens (including phenoxy) is 1. The summed E-state index contributed by atoms with van der Waals surface area (Å²) in [4.78, 5) is 15.1. The standard InChI is InChI=1S/C18H24BrN3O2.2ClH/c19-13-1-2-16(22-7-9-24-10-8-22)15(11-13)21-17(23)14-12-18(14)3-5-20-6-4-18;;/h1-2,11,14,20H,3-10,12H2,(H,21,23);2*1H. The lowest BCUT2D eigenvalue weighted by molar-refractivity contribution is -0.118. The molecule has 1 saturated carbocycles. The van der Waals surface area contributed by atoms with Crippen molar-refractivity contribution in [1.29, 1.82) is 0 Å². The summed E-state index contributed by atoms with van der Waals surface area (Å²) in [6, 6.07) is 6.13. The Morgan fingerprint density at radius 3 is 2.62 bits per heavy atom. The van der Waals surface area contributed by atoms with E-state index in [0.717, 1.165) is 74.5 Å². The van der Waals surface area contributed by atoms with Gasteiger partial charge in [0.05, 0.1) is 24.6 Å². The van der Waals surface area contributed by atoms with Gasteiger partial charge in [-0.1, -0.05) is 15.9 Å². The van der Waals surface area contributed by atoms with Crippen LogP contribution in [0.1, 0.15) is 19.3 Å². The summed E-state index contributed by atoms with van der Waals surface area (Å²) in [5, 5.41) is 6.60. The van der Waals surface area contributed by atoms with Crippen LogP contribution in [-0.4, -0.2) is 45.3 Å². The summed E-state index contributed by atoms with van der Waals surface area (Å²) in [5.74, 6) is 0.362. The van der Waals surface area contributed by atoms with Gasteiger partial charge in [0, 0.05) is 23.5 Å². The maximum atomic E-state index is 12.8. The van der Waals surface area contributed by atoms with Crippen LogP contribution < -0.4 is 15.5 Å². The maximum Gasteiger partial charge on any atom is 0.228 e. The quantitative estimate of drug-likeness (QED) is 0.716. The van der Waals surface area contributed by atoms with Gasteiger partial charge in [-0.2, -0.15) is 0 Å². The number of rotatable bonds is 3. The second-order valence-corrected chi connectivity index (χ2v) is 8.03. The Bertz CT molecular complexity index is 635. The third-order valence-corrected chi connectivity index (χ3v) is 6.17. The van der Waals surface area contributed by atoms with E-state index in [-0.39, 0.29) is 42.1 Å². The predicted octanol–water partition coefficient (Wildman–Crippen LogP) is 3.46. The molecule has 1 spiro atoms. The molecule has 5 nitrogen and oxygen atoms in total. The number of morpholine rings is 1. The molecule has 1 aromatic carbocycles. The van der Waals surface area contributed by atoms with E-state index in [1.54, 1.807) is 0 Å². The molecule has 146 valence electrons. The number of anilines is 2. The molecular formula is C18H26BrCl2N3O2. The normalized spacial score (nSPS) is 23.6. The van der Waals surface area contributed by atoms with Gasteiger partial charge in [0.2, 0.25) is 5.91 Å². The molecule has 8 heteroatoms. The fourth-order valence-electron chi connectivity index (χ4n) is 4.10. The van der Waals surface area contributed by atoms with Crippen molar-refractivity contribution in [2.75, 3.05) is 49.6 Å². The van der Waals surface area contributed by atoms with Crippen LogP contribution >= 0.6 is 40.7 Å². The molecule has 0 bridgehead atoms. The zero-order valence-corrected chi connectivity index (χ0v) is 17.9. The molecule has 4 rings (SSSR count). The summed E-state index contributed by atoms with van der Waals surface area (Å²) < 4.78 is 6.43. The Morgan fingerprint density at radius 1 is 1.23 bits per heavy atom. The number of carbonyl (C=O) groups is 1. The molecule has 0 radical (unpaired) electrons. The predicted molar refractivity (Wildman–Crippen MR) is 113 cm³/mol. The van der Waals surface area contributed by atoms with Gasteiger partial charge in [0.25, 0.3) is 0 Å². The Morgan fingerprint density at radius 2 is 1.92 bits per heavy atom. The number of benzene rings is 1. The van der Waals surface area contributed by atoms with Crippen LogP contribution in [-0.2, 0) is 9.53 Å². The van der Waals surface area contributed by atoms with E-state index in [0.29, 0.717) is 0 Å². The van der Waals surface area contributed by atoms with E-state index in [4.69, 9.17) is 4.74 Å². The van der Waals surface area contributed by atoms with E-state index in [1.165, 1.54) is 0 Å². The van der Waals surface area contributed by atoms with Gasteiger partial charge in [-0.15, -0.1) is 24.8 Å². The Balaban J connectivity index is 0.00000121. The Hall–Kier alpha value is -0.530. The Labute approximate surface area is 175 Å². The highest BCUT2D eigenvalue weighted by molar-refractivity contribution is 9.10. The zero-order valence-electron chi connectivity index (χ0n) is 14.6. The van der Waals surface area contributed by atoms with Crippen LogP contribution in [0, 0.1) is 11.3 Å². The summed E-state index contributed by atoms with van der Waals surface area (Å²) in [6.45, 7) is 5.29. The fourth-order valence-corrected chi connectivity index (χ4v) is 4.46. The molecule has 0 aromatic heterocycles. The van der Waals surface area contributed by atoms with Crippen molar-refractivity contribution >= 4 is 58.0 Å². The molecule has 1 atom stereocenters. The van der Waals surface area contributed by atoms with Gasteiger partial charge < -0.3 is 20.3 Å². The second-order valence-electron chi connectivity index (χ2n) is 7.12. The maximum absolute atomic E-state index is 12.8. The Kier molecular flexibility index (Phi) is 7.62. The van der Waals surface area contributed by atoms with Gasteiger partial charge in [-0.25, -0.2) is 0 Å². The fraction of sp³-hybridized carbons (Fsp3) is 0.611. The SMILES string of the molecule is Cl.Cl.O=C(Nc1cc(Br)ccc1N1CCOCC1)C1CC12CCNCC2. The average Bonchev–Trinajstić information content (AvgIpc) is 3.29. The van der Waals surface area contributed by atoms with E-state index < -0.39 is 0 Å². The van der Waals surface area contributed by atoms with Gasteiger partial charge in [-0.3, -0.25) is 4.79 Å². The van der Waals surface area contributed by atoms with Crippen LogP contribution in [0.25, 0.3) is 0 Å². The third-order valence-electron chi connectivity index (χ3n) is 5.67. The van der Waals surface area contributed by atoms with Crippen LogP contribution in [0.2, 0.25) is 0 Å². The smallest absolute Gasteiger partial charge is 0.228 e. The number of piperidine rings is 1. The first-order chi connectivity index (χ1) is 11.7. The molecule has 3 fully saturated rings. The highest BCUT2D eigenvalue weighted by Gasteiger charge is 2.57. The first-order valence-electron chi connectivity index (χ1n) is 8.82. The molecule has 1 amide bonds. The minimum absolute atomic E-state index is 0. The molecule has 2 heterocycles. The van der Waals surface area contributed by atoms with E-state index in [2.05, 4.69) is 37.5 Å². The lowest BCUT2D eigenvalue weighted by Crippen LogP contribution is -2.37. The summed E-state index contributed by atoms with van der Waals surface area (Å²) in [6.07, 6.45) is 3.29. The van der Waals surface area contributed by atoms with Gasteiger partial charge >= 0.3 is 0 Å². The third kappa shape index (κ3) is 4.47. The lowest BCUT2D eigenvalue weighted by Gasteiger charge is -2.31. The average molecular weight is 467 g/mol. The minimum atomic E-state index is 0. The largest absolute Gasteiger partial charge is 0.378 e. The molecule has 1 aromatic rings. The molecule has 2 aliphatic heterocycles. The summed E-state index contributed by atoms with van der Waals surface area (Å²) >= 11 is 3.53. The van der Waals surface area contributed by atoms with E-state index >= 15 is 0 Å². The van der Waals surface area contributed by atoms with Gasteiger partial charge in [0.1, 0.15) is 0 Å². The highest BCUT2D eigenvalue weighted by atomic mass is 79.9. The van der Waals surface area contributed by atoms with Crippen molar-refractivity contribution < 1.29 is 9.53 Å². The summed E-state index contributed by atoms with van der Waals surface area (Å²) in [5.41, 5.74) is 2.27. The van der Waals surface area contributed by atoms with Gasteiger partial charge in [0.15, 0.2) is 0 Å². The van der Waals surface area contributed by atoms with Gasteiger partial charge in [-0.05, 0) is 56.0 Å². The molecule has 2 saturated heterocycles. The van der Waals surface area contributed by atoms with Crippen LogP contribution in [0.3, 0.4) is 0 Å². The first kappa shape index (κ1) is 21.8. The molecular weight excluding hydrogens is 441 g/mol. The number of carbonyl (C=O) groups excluding carboxylic acids is 1. The number of hydrogen-bond donors (Lipinski definition) is 2. The first-order valence-corrected chi connectivity index (χ1v) is 9.61. The van der Waals surface area contributed by atoms with Crippen molar-refractivity contribution in [2.24, 2.45) is 11.3 Å².